The molecule has 2 saturated carbocycles. The van der Waals surface area contributed by atoms with Crippen LogP contribution in [0.25, 0.3) is 0 Å². The Balaban J connectivity index is 1.59. The van der Waals surface area contributed by atoms with Crippen LogP contribution < -0.4 is 10.6 Å². The predicted molar refractivity (Wildman–Crippen MR) is 74.0 cm³/mol. The molecule has 0 spiro atoms. The number of hydrogen-bond donors (Lipinski definition) is 2. The highest BCUT2D eigenvalue weighted by Gasteiger charge is 2.26. The third kappa shape index (κ3) is 2.79. The number of carbonyl (C=O) groups is 2. The summed E-state index contributed by atoms with van der Waals surface area (Å²) in [5.41, 5.74) is 0. The third-order valence-corrected chi connectivity index (χ3v) is 4.09. The Labute approximate surface area is 117 Å². The molecule has 2 aliphatic carbocycles. The molecule has 2 amide bonds. The van der Waals surface area contributed by atoms with E-state index in [2.05, 4.69) is 20.6 Å². The Hall–Kier alpha value is -1.98. The minimum absolute atomic E-state index is 0.00646. The van der Waals surface area contributed by atoms with Crippen molar-refractivity contribution in [3.05, 3.63) is 12.4 Å². The Morgan fingerprint density at radius 2 is 1.35 bits per heavy atom. The number of hydrogen-bond acceptors (Lipinski definition) is 4. The molecule has 106 valence electrons. The number of carbonyl (C=O) groups excluding carboxylic acids is 2. The summed E-state index contributed by atoms with van der Waals surface area (Å²) in [5.74, 6) is 0.984. The standard InChI is InChI=1S/C14H18N4O2/c19-13(9-3-1-4-9)17-11-7-15-8-12(16-11)18-14(20)10-5-2-6-10/h7-10H,1-6H2,(H2,16,17,18,19,20). The molecule has 0 radical (unpaired) electrons. The van der Waals surface area contributed by atoms with Crippen LogP contribution in [0.1, 0.15) is 38.5 Å². The Bertz CT molecular complexity index is 480. The van der Waals surface area contributed by atoms with Gasteiger partial charge in [-0.25, -0.2) is 4.98 Å². The molecule has 0 aromatic carbocycles. The van der Waals surface area contributed by atoms with Gasteiger partial charge in [0.1, 0.15) is 0 Å². The Morgan fingerprint density at radius 1 is 0.900 bits per heavy atom. The summed E-state index contributed by atoms with van der Waals surface area (Å²) in [4.78, 5) is 31.9. The van der Waals surface area contributed by atoms with E-state index >= 15 is 0 Å². The minimum atomic E-state index is -0.00646. The van der Waals surface area contributed by atoms with Crippen LogP contribution >= 0.6 is 0 Å². The maximum absolute atomic E-state index is 11.8. The lowest BCUT2D eigenvalue weighted by atomic mass is 9.85. The van der Waals surface area contributed by atoms with Gasteiger partial charge in [-0.2, -0.15) is 0 Å². The van der Waals surface area contributed by atoms with Crippen LogP contribution in [0.4, 0.5) is 11.6 Å². The van der Waals surface area contributed by atoms with Gasteiger partial charge in [-0.05, 0) is 25.7 Å². The highest BCUT2D eigenvalue weighted by Crippen LogP contribution is 2.28. The number of anilines is 2. The van der Waals surface area contributed by atoms with Crippen molar-refractivity contribution in [1.82, 2.24) is 9.97 Å². The van der Waals surface area contributed by atoms with Gasteiger partial charge in [0.15, 0.2) is 11.6 Å². The van der Waals surface area contributed by atoms with Gasteiger partial charge in [-0.3, -0.25) is 14.6 Å². The van der Waals surface area contributed by atoms with E-state index in [4.69, 9.17) is 0 Å². The van der Waals surface area contributed by atoms with E-state index in [-0.39, 0.29) is 23.7 Å². The van der Waals surface area contributed by atoms with Crippen molar-refractivity contribution in [3.8, 4) is 0 Å². The summed E-state index contributed by atoms with van der Waals surface area (Å²) in [6.07, 6.45) is 8.98. The first-order valence-corrected chi connectivity index (χ1v) is 7.16. The van der Waals surface area contributed by atoms with E-state index in [1.165, 1.54) is 12.4 Å². The van der Waals surface area contributed by atoms with Crippen LogP contribution in [0.5, 0.6) is 0 Å². The maximum atomic E-state index is 11.8. The maximum Gasteiger partial charge on any atom is 0.228 e. The SMILES string of the molecule is O=C(Nc1cncc(NC(=O)C2CCC2)n1)C1CCC1. The van der Waals surface area contributed by atoms with Crippen LogP contribution in [0.15, 0.2) is 12.4 Å². The lowest BCUT2D eigenvalue weighted by Gasteiger charge is -2.24. The highest BCUT2D eigenvalue weighted by atomic mass is 16.2. The summed E-state index contributed by atoms with van der Waals surface area (Å²) >= 11 is 0. The van der Waals surface area contributed by atoms with Crippen molar-refractivity contribution < 1.29 is 9.59 Å². The highest BCUT2D eigenvalue weighted by molar-refractivity contribution is 5.94. The molecule has 6 nitrogen and oxygen atoms in total. The van der Waals surface area contributed by atoms with Crippen LogP contribution in [0, 0.1) is 11.8 Å². The van der Waals surface area contributed by atoms with E-state index in [0.717, 1.165) is 38.5 Å². The fraction of sp³-hybridized carbons (Fsp3) is 0.571. The smallest absolute Gasteiger partial charge is 0.228 e. The van der Waals surface area contributed by atoms with Gasteiger partial charge in [-0.15, -0.1) is 0 Å². The first-order valence-electron chi connectivity index (χ1n) is 7.16. The normalized spacial score (nSPS) is 18.8. The second kappa shape index (κ2) is 5.56. The van der Waals surface area contributed by atoms with Crippen molar-refractivity contribution in [3.63, 3.8) is 0 Å². The van der Waals surface area contributed by atoms with Crippen LogP contribution in [-0.4, -0.2) is 21.8 Å². The summed E-state index contributed by atoms with van der Waals surface area (Å²) in [5, 5.41) is 5.50. The van der Waals surface area contributed by atoms with Gasteiger partial charge in [-0.1, -0.05) is 12.8 Å². The molecule has 1 heterocycles. The molecule has 3 rings (SSSR count). The van der Waals surface area contributed by atoms with Gasteiger partial charge in [0, 0.05) is 11.8 Å². The zero-order valence-electron chi connectivity index (χ0n) is 11.3. The van der Waals surface area contributed by atoms with Crippen molar-refractivity contribution in [2.45, 2.75) is 38.5 Å². The quantitative estimate of drug-likeness (QED) is 0.879. The lowest BCUT2D eigenvalue weighted by molar-refractivity contribution is -0.122. The van der Waals surface area contributed by atoms with E-state index < -0.39 is 0 Å². The molecule has 2 N–H and O–H groups in total. The molecule has 6 heteroatoms. The Kier molecular flexibility index (Phi) is 3.62. The molecule has 0 aliphatic heterocycles. The molecular weight excluding hydrogens is 256 g/mol. The molecule has 1 aromatic heterocycles. The van der Waals surface area contributed by atoms with Crippen LogP contribution in [-0.2, 0) is 9.59 Å². The molecule has 0 saturated heterocycles. The topological polar surface area (TPSA) is 84.0 Å². The van der Waals surface area contributed by atoms with Gasteiger partial charge < -0.3 is 10.6 Å². The first kappa shape index (κ1) is 13.0. The molecule has 20 heavy (non-hydrogen) atoms. The summed E-state index contributed by atoms with van der Waals surface area (Å²) < 4.78 is 0. The van der Waals surface area contributed by atoms with Crippen molar-refractivity contribution in [2.24, 2.45) is 11.8 Å². The molecule has 0 unspecified atom stereocenters. The van der Waals surface area contributed by atoms with Gasteiger partial charge in [0.25, 0.3) is 0 Å². The van der Waals surface area contributed by atoms with E-state index in [0.29, 0.717) is 11.6 Å². The molecule has 0 atom stereocenters. The predicted octanol–water partition coefficient (Wildman–Crippen LogP) is 1.95. The number of amides is 2. The summed E-state index contributed by atoms with van der Waals surface area (Å²) in [6, 6.07) is 0. The molecular formula is C14H18N4O2. The van der Waals surface area contributed by atoms with E-state index in [1.807, 2.05) is 0 Å². The van der Waals surface area contributed by atoms with Crippen LogP contribution in [0.2, 0.25) is 0 Å². The van der Waals surface area contributed by atoms with Gasteiger partial charge in [0.2, 0.25) is 11.8 Å². The third-order valence-electron chi connectivity index (χ3n) is 4.09. The first-order chi connectivity index (χ1) is 9.72. The van der Waals surface area contributed by atoms with Gasteiger partial charge >= 0.3 is 0 Å². The fourth-order valence-corrected chi connectivity index (χ4v) is 2.28. The Morgan fingerprint density at radius 3 is 1.70 bits per heavy atom. The molecule has 2 aliphatic rings. The van der Waals surface area contributed by atoms with Crippen molar-refractivity contribution in [2.75, 3.05) is 10.6 Å². The zero-order chi connectivity index (χ0) is 13.9. The minimum Gasteiger partial charge on any atom is -0.309 e. The van der Waals surface area contributed by atoms with Crippen LogP contribution in [0.3, 0.4) is 0 Å². The van der Waals surface area contributed by atoms with Crippen molar-refractivity contribution in [1.29, 1.82) is 0 Å². The summed E-state index contributed by atoms with van der Waals surface area (Å²) in [6.45, 7) is 0. The number of nitrogens with zero attached hydrogens (tertiary/aromatic N) is 2. The van der Waals surface area contributed by atoms with E-state index in [9.17, 15) is 9.59 Å². The second-order valence-electron chi connectivity index (χ2n) is 5.52. The zero-order valence-corrected chi connectivity index (χ0v) is 11.3. The largest absolute Gasteiger partial charge is 0.309 e. The number of nitrogens with one attached hydrogen (secondary N) is 2. The summed E-state index contributed by atoms with van der Waals surface area (Å²) in [7, 11) is 0. The molecule has 1 aromatic rings. The molecule has 2 fully saturated rings. The fourth-order valence-electron chi connectivity index (χ4n) is 2.28. The average Bonchev–Trinajstić information content (AvgIpc) is 2.23. The lowest BCUT2D eigenvalue weighted by Crippen LogP contribution is -2.29. The number of aromatic nitrogens is 2. The van der Waals surface area contributed by atoms with Crippen molar-refractivity contribution >= 4 is 23.5 Å². The average molecular weight is 274 g/mol. The second-order valence-corrected chi connectivity index (χ2v) is 5.52. The monoisotopic (exact) mass is 274 g/mol. The van der Waals surface area contributed by atoms with E-state index in [1.54, 1.807) is 0 Å². The molecule has 0 bridgehead atoms. The van der Waals surface area contributed by atoms with Gasteiger partial charge in [0.05, 0.1) is 12.4 Å². The number of rotatable bonds is 4.